The summed E-state index contributed by atoms with van der Waals surface area (Å²) < 4.78 is 5.98. The number of rotatable bonds is 8. The van der Waals surface area contributed by atoms with Gasteiger partial charge in [0.2, 0.25) is 0 Å². The van der Waals surface area contributed by atoms with Crippen molar-refractivity contribution in [3.63, 3.8) is 0 Å². The first kappa shape index (κ1) is 26.0. The molecule has 0 spiro atoms. The van der Waals surface area contributed by atoms with Gasteiger partial charge in [-0.2, -0.15) is 0 Å². The molecular formula is C39H36O. The molecule has 1 nitrogen and oxygen atoms in total. The Bertz CT molecular complexity index is 1780. The number of benzene rings is 6. The molecule has 0 amide bonds. The first-order valence-electron chi connectivity index (χ1n) is 14.5. The molecule has 6 aromatic rings. The van der Waals surface area contributed by atoms with Gasteiger partial charge in [-0.3, -0.25) is 0 Å². The van der Waals surface area contributed by atoms with Gasteiger partial charge < -0.3 is 4.74 Å². The van der Waals surface area contributed by atoms with E-state index < -0.39 is 0 Å². The van der Waals surface area contributed by atoms with Gasteiger partial charge in [0.1, 0.15) is 0 Å². The molecular weight excluding hydrogens is 484 g/mol. The van der Waals surface area contributed by atoms with Crippen molar-refractivity contribution < 1.29 is 4.74 Å². The molecule has 0 aliphatic carbocycles. The molecule has 6 aromatic carbocycles. The Hall–Kier alpha value is -4.20. The normalized spacial score (nSPS) is 11.4. The van der Waals surface area contributed by atoms with E-state index >= 15 is 0 Å². The predicted octanol–water partition coefficient (Wildman–Crippen LogP) is 10.7. The van der Waals surface area contributed by atoms with Gasteiger partial charge in [-0.05, 0) is 110 Å². The Kier molecular flexibility index (Phi) is 7.49. The van der Waals surface area contributed by atoms with E-state index in [1.807, 2.05) is 0 Å². The standard InChI is InChI=1S/C39H36O/c1-4-27-15-19-29(20-16-27)36-25-34-23-31-11-7-8-12-32(31)24-37(34)39(35-14-10-9-13-33(35)26-40-6-3)38(36)30-21-17-28(5-2)18-22-30/h7-25H,4-6,26H2,1-3H3. The van der Waals surface area contributed by atoms with E-state index in [0.29, 0.717) is 13.2 Å². The van der Waals surface area contributed by atoms with E-state index in [0.717, 1.165) is 12.8 Å². The average molecular weight is 521 g/mol. The molecule has 1 heteroatoms. The van der Waals surface area contributed by atoms with Crippen molar-refractivity contribution in [1.82, 2.24) is 0 Å². The van der Waals surface area contributed by atoms with Gasteiger partial charge >= 0.3 is 0 Å². The summed E-state index contributed by atoms with van der Waals surface area (Å²) in [5, 5.41) is 5.04. The fourth-order valence-corrected chi connectivity index (χ4v) is 5.83. The summed E-state index contributed by atoms with van der Waals surface area (Å²) in [6.45, 7) is 7.77. The lowest BCUT2D eigenvalue weighted by molar-refractivity contribution is 0.134. The third-order valence-electron chi connectivity index (χ3n) is 8.08. The number of aryl methyl sites for hydroxylation is 2. The Labute approximate surface area is 238 Å². The highest BCUT2D eigenvalue weighted by Crippen LogP contribution is 2.46. The van der Waals surface area contributed by atoms with Gasteiger partial charge in [-0.15, -0.1) is 0 Å². The Morgan fingerprint density at radius 2 is 1.10 bits per heavy atom. The molecule has 0 fully saturated rings. The Morgan fingerprint density at radius 3 is 1.75 bits per heavy atom. The van der Waals surface area contributed by atoms with Gasteiger partial charge in [0.05, 0.1) is 6.61 Å². The number of hydrogen-bond acceptors (Lipinski definition) is 1. The van der Waals surface area contributed by atoms with Crippen LogP contribution >= 0.6 is 0 Å². The SMILES string of the molecule is CCOCc1ccccc1-c1c(-c2ccc(CC)cc2)c(-c2ccc(CC)cc2)cc2cc3ccccc3cc12. The zero-order chi connectivity index (χ0) is 27.5. The molecule has 0 N–H and O–H groups in total. The van der Waals surface area contributed by atoms with Crippen molar-refractivity contribution in [2.75, 3.05) is 6.61 Å². The second-order valence-corrected chi connectivity index (χ2v) is 10.5. The lowest BCUT2D eigenvalue weighted by atomic mass is 9.82. The summed E-state index contributed by atoms with van der Waals surface area (Å²) in [7, 11) is 0. The minimum atomic E-state index is 0.589. The largest absolute Gasteiger partial charge is 0.377 e. The molecule has 0 aliphatic rings. The van der Waals surface area contributed by atoms with Crippen LogP contribution in [0.2, 0.25) is 0 Å². The van der Waals surface area contributed by atoms with Gasteiger partial charge in [-0.25, -0.2) is 0 Å². The molecule has 0 heterocycles. The van der Waals surface area contributed by atoms with Gasteiger partial charge in [-0.1, -0.05) is 111 Å². The lowest BCUT2D eigenvalue weighted by Crippen LogP contribution is -1.99. The summed E-state index contributed by atoms with van der Waals surface area (Å²) in [6.07, 6.45) is 2.06. The molecule has 0 saturated carbocycles. The zero-order valence-electron chi connectivity index (χ0n) is 23.7. The third-order valence-corrected chi connectivity index (χ3v) is 8.08. The van der Waals surface area contributed by atoms with Crippen LogP contribution in [0.5, 0.6) is 0 Å². The third kappa shape index (κ3) is 4.94. The summed E-state index contributed by atoms with van der Waals surface area (Å²) in [5.74, 6) is 0. The van der Waals surface area contributed by atoms with Crippen molar-refractivity contribution >= 4 is 21.5 Å². The highest BCUT2D eigenvalue weighted by molar-refractivity contribution is 6.13. The molecule has 0 aliphatic heterocycles. The van der Waals surface area contributed by atoms with Crippen LogP contribution in [-0.4, -0.2) is 6.61 Å². The lowest BCUT2D eigenvalue weighted by Gasteiger charge is -2.22. The molecule has 0 aromatic heterocycles. The first-order valence-corrected chi connectivity index (χ1v) is 14.5. The number of fused-ring (bicyclic) bond motifs is 2. The van der Waals surface area contributed by atoms with E-state index in [-0.39, 0.29) is 0 Å². The molecule has 0 saturated heterocycles. The van der Waals surface area contributed by atoms with Crippen LogP contribution in [0.4, 0.5) is 0 Å². The molecule has 0 atom stereocenters. The minimum Gasteiger partial charge on any atom is -0.377 e. The number of ether oxygens (including phenoxy) is 1. The fraction of sp³-hybridized carbons (Fsp3) is 0.179. The van der Waals surface area contributed by atoms with Crippen LogP contribution in [0.3, 0.4) is 0 Å². The van der Waals surface area contributed by atoms with Crippen molar-refractivity contribution in [2.45, 2.75) is 40.2 Å². The maximum absolute atomic E-state index is 5.98. The first-order chi connectivity index (χ1) is 19.7. The van der Waals surface area contributed by atoms with Crippen LogP contribution in [0.1, 0.15) is 37.5 Å². The van der Waals surface area contributed by atoms with Crippen LogP contribution in [0.25, 0.3) is 54.9 Å². The maximum atomic E-state index is 5.98. The van der Waals surface area contributed by atoms with E-state index in [2.05, 4.69) is 136 Å². The van der Waals surface area contributed by atoms with E-state index in [4.69, 9.17) is 4.74 Å². The van der Waals surface area contributed by atoms with E-state index in [1.165, 1.54) is 71.6 Å². The van der Waals surface area contributed by atoms with Crippen LogP contribution in [-0.2, 0) is 24.2 Å². The monoisotopic (exact) mass is 520 g/mol. The van der Waals surface area contributed by atoms with Crippen LogP contribution in [0.15, 0.2) is 115 Å². The molecule has 198 valence electrons. The summed E-state index contributed by atoms with van der Waals surface area (Å²) >= 11 is 0. The number of hydrogen-bond donors (Lipinski definition) is 0. The molecule has 0 radical (unpaired) electrons. The van der Waals surface area contributed by atoms with Crippen LogP contribution < -0.4 is 0 Å². The van der Waals surface area contributed by atoms with Crippen molar-refractivity contribution in [3.8, 4) is 33.4 Å². The molecule has 6 rings (SSSR count). The summed E-state index contributed by atoms with van der Waals surface area (Å²) in [5.41, 5.74) is 11.4. The van der Waals surface area contributed by atoms with Crippen molar-refractivity contribution in [1.29, 1.82) is 0 Å². The van der Waals surface area contributed by atoms with Gasteiger partial charge in [0.15, 0.2) is 0 Å². The topological polar surface area (TPSA) is 9.23 Å². The minimum absolute atomic E-state index is 0.589. The smallest absolute Gasteiger partial charge is 0.0722 e. The van der Waals surface area contributed by atoms with Crippen LogP contribution in [0, 0.1) is 0 Å². The summed E-state index contributed by atoms with van der Waals surface area (Å²) in [4.78, 5) is 0. The quantitative estimate of drug-likeness (QED) is 0.181. The van der Waals surface area contributed by atoms with E-state index in [9.17, 15) is 0 Å². The Morgan fingerprint density at radius 1 is 0.500 bits per heavy atom. The fourth-order valence-electron chi connectivity index (χ4n) is 5.83. The Balaban J connectivity index is 1.77. The van der Waals surface area contributed by atoms with Gasteiger partial charge in [0, 0.05) is 6.61 Å². The van der Waals surface area contributed by atoms with E-state index in [1.54, 1.807) is 0 Å². The van der Waals surface area contributed by atoms with Gasteiger partial charge in [0.25, 0.3) is 0 Å². The zero-order valence-corrected chi connectivity index (χ0v) is 23.7. The highest BCUT2D eigenvalue weighted by atomic mass is 16.5. The molecule has 40 heavy (non-hydrogen) atoms. The maximum Gasteiger partial charge on any atom is 0.0722 e. The predicted molar refractivity (Wildman–Crippen MR) is 172 cm³/mol. The average Bonchev–Trinajstić information content (AvgIpc) is 3.02. The molecule has 0 unspecified atom stereocenters. The van der Waals surface area contributed by atoms with Crippen molar-refractivity contribution in [3.05, 3.63) is 132 Å². The summed E-state index contributed by atoms with van der Waals surface area (Å²) in [6, 6.07) is 42.9. The van der Waals surface area contributed by atoms with Crippen molar-refractivity contribution in [2.24, 2.45) is 0 Å². The second-order valence-electron chi connectivity index (χ2n) is 10.5. The second kappa shape index (κ2) is 11.5. The molecule has 0 bridgehead atoms. The highest BCUT2D eigenvalue weighted by Gasteiger charge is 2.20.